The van der Waals surface area contributed by atoms with Crippen molar-refractivity contribution in [2.45, 2.75) is 43.9 Å². The molecule has 4 rings (SSSR count). The van der Waals surface area contributed by atoms with Crippen LogP contribution in [0.1, 0.15) is 36.2 Å². The number of aromatic nitrogens is 3. The van der Waals surface area contributed by atoms with Crippen LogP contribution in [0.5, 0.6) is 11.5 Å². The van der Waals surface area contributed by atoms with Crippen LogP contribution in [0.3, 0.4) is 0 Å². The third-order valence-electron chi connectivity index (χ3n) is 5.61. The van der Waals surface area contributed by atoms with E-state index in [0.29, 0.717) is 25.4 Å². The minimum absolute atomic E-state index is 0.0939. The molecule has 1 aromatic carbocycles. The number of benzene rings is 1. The van der Waals surface area contributed by atoms with Crippen LogP contribution in [0.15, 0.2) is 55.8 Å². The summed E-state index contributed by atoms with van der Waals surface area (Å²) in [6.45, 7) is 9.34. The molecule has 3 heterocycles. The van der Waals surface area contributed by atoms with E-state index < -0.39 is 0 Å². The first-order valence-corrected chi connectivity index (χ1v) is 9.97. The van der Waals surface area contributed by atoms with Crippen molar-refractivity contribution in [3.8, 4) is 11.5 Å². The number of amides is 1. The van der Waals surface area contributed by atoms with E-state index in [1.54, 1.807) is 10.9 Å². The largest absolute Gasteiger partial charge is 0.486 e. The summed E-state index contributed by atoms with van der Waals surface area (Å²) in [5.74, 6) is 1.37. The van der Waals surface area contributed by atoms with E-state index in [1.165, 1.54) is 0 Å². The topological polar surface area (TPSA) is 69.5 Å². The molecule has 2 aliphatic heterocycles. The quantitative estimate of drug-likeness (QED) is 0.675. The molecule has 1 atom stereocenters. The van der Waals surface area contributed by atoms with Gasteiger partial charge in [0.2, 0.25) is 0 Å². The summed E-state index contributed by atoms with van der Waals surface area (Å²) in [6, 6.07) is 7.58. The molecule has 0 radical (unpaired) electrons. The summed E-state index contributed by atoms with van der Waals surface area (Å²) in [6.07, 6.45) is 8.65. The Morgan fingerprint density at radius 2 is 2.00 bits per heavy atom. The lowest BCUT2D eigenvalue weighted by Gasteiger charge is -2.37. The van der Waals surface area contributed by atoms with Crippen LogP contribution in [-0.2, 0) is 6.54 Å². The van der Waals surface area contributed by atoms with E-state index in [1.807, 2.05) is 41.3 Å². The Morgan fingerprint density at radius 3 is 2.76 bits per heavy atom. The molecular formula is C22H26N4O3. The predicted octanol–water partition coefficient (Wildman–Crippen LogP) is 3.25. The maximum Gasteiger partial charge on any atom is 0.276 e. The van der Waals surface area contributed by atoms with Gasteiger partial charge in [-0.15, -0.1) is 18.3 Å². The summed E-state index contributed by atoms with van der Waals surface area (Å²) in [4.78, 5) is 15.1. The van der Waals surface area contributed by atoms with Crippen molar-refractivity contribution in [1.29, 1.82) is 0 Å². The van der Waals surface area contributed by atoms with Crippen LogP contribution in [0.2, 0.25) is 0 Å². The fraction of sp³-hybridized carbons (Fsp3) is 0.409. The van der Waals surface area contributed by atoms with Crippen LogP contribution in [0.25, 0.3) is 0 Å². The summed E-state index contributed by atoms with van der Waals surface area (Å²) in [5, 5.41) is 8.27. The molecule has 7 nitrogen and oxygen atoms in total. The van der Waals surface area contributed by atoms with Gasteiger partial charge in [0.25, 0.3) is 5.91 Å². The van der Waals surface area contributed by atoms with Gasteiger partial charge in [-0.2, -0.15) is 0 Å². The summed E-state index contributed by atoms with van der Waals surface area (Å²) in [7, 11) is 0. The van der Waals surface area contributed by atoms with Gasteiger partial charge in [-0.1, -0.05) is 29.5 Å². The SMILES string of the molecule is C=CCC1(CC=C)CCCN1C(=O)c1cn(C[C@@H]2COc3ccccc3O2)nn1. The van der Waals surface area contributed by atoms with Crippen molar-refractivity contribution in [3.63, 3.8) is 0 Å². The minimum atomic E-state index is -0.256. The van der Waals surface area contributed by atoms with Crippen molar-refractivity contribution in [1.82, 2.24) is 19.9 Å². The van der Waals surface area contributed by atoms with E-state index in [2.05, 4.69) is 23.5 Å². The third kappa shape index (κ3) is 3.77. The van der Waals surface area contributed by atoms with Crippen LogP contribution < -0.4 is 9.47 Å². The fourth-order valence-electron chi connectivity index (χ4n) is 4.29. The highest BCUT2D eigenvalue weighted by Crippen LogP contribution is 2.37. The first kappa shape index (κ1) is 19.2. The minimum Gasteiger partial charge on any atom is -0.486 e. The lowest BCUT2D eigenvalue weighted by atomic mass is 9.88. The number of carbonyl (C=O) groups is 1. The number of rotatable bonds is 7. The third-order valence-corrected chi connectivity index (χ3v) is 5.61. The number of ether oxygens (including phenoxy) is 2. The van der Waals surface area contributed by atoms with E-state index in [0.717, 1.165) is 37.2 Å². The van der Waals surface area contributed by atoms with Crippen LogP contribution in [-0.4, -0.2) is 50.6 Å². The molecule has 29 heavy (non-hydrogen) atoms. The number of para-hydroxylation sites is 2. The van der Waals surface area contributed by atoms with Gasteiger partial charge in [0.1, 0.15) is 6.61 Å². The zero-order valence-electron chi connectivity index (χ0n) is 16.5. The molecule has 2 aromatic rings. The van der Waals surface area contributed by atoms with Crippen LogP contribution >= 0.6 is 0 Å². The van der Waals surface area contributed by atoms with Crippen molar-refractivity contribution < 1.29 is 14.3 Å². The standard InChI is InChI=1S/C22H26N4O3/c1-3-10-22(11-4-2)12-7-13-26(22)21(27)18-15-25(24-23-18)14-17-16-28-19-8-5-6-9-20(19)29-17/h3-6,8-9,15,17H,1-2,7,10-14,16H2/t17-/m1/s1. The molecule has 0 unspecified atom stereocenters. The number of hydrogen-bond donors (Lipinski definition) is 0. The lowest BCUT2D eigenvalue weighted by Crippen LogP contribution is -2.47. The zero-order chi connectivity index (χ0) is 20.3. The van der Waals surface area contributed by atoms with Crippen molar-refractivity contribution >= 4 is 5.91 Å². The second-order valence-corrected chi connectivity index (χ2v) is 7.59. The Bertz CT molecular complexity index is 897. The van der Waals surface area contributed by atoms with E-state index >= 15 is 0 Å². The fourth-order valence-corrected chi connectivity index (χ4v) is 4.29. The van der Waals surface area contributed by atoms with Crippen LogP contribution in [0, 0.1) is 0 Å². The van der Waals surface area contributed by atoms with E-state index in [4.69, 9.17) is 9.47 Å². The molecular weight excluding hydrogens is 368 g/mol. The highest BCUT2D eigenvalue weighted by atomic mass is 16.6. The number of likely N-dealkylation sites (tertiary alicyclic amines) is 1. The normalized spacial score (nSPS) is 19.7. The Balaban J connectivity index is 1.45. The molecule has 1 saturated heterocycles. The van der Waals surface area contributed by atoms with Crippen molar-refractivity contribution in [3.05, 3.63) is 61.5 Å². The average Bonchev–Trinajstić information content (AvgIpc) is 3.35. The smallest absolute Gasteiger partial charge is 0.276 e. The lowest BCUT2D eigenvalue weighted by molar-refractivity contribution is 0.0595. The number of hydrogen-bond acceptors (Lipinski definition) is 5. The van der Waals surface area contributed by atoms with Gasteiger partial charge in [0.15, 0.2) is 23.3 Å². The Kier molecular flexibility index (Phi) is 5.38. The molecule has 2 aliphatic rings. The monoisotopic (exact) mass is 394 g/mol. The van der Waals surface area contributed by atoms with Crippen molar-refractivity contribution in [2.75, 3.05) is 13.2 Å². The molecule has 0 bridgehead atoms. The highest BCUT2D eigenvalue weighted by Gasteiger charge is 2.42. The van der Waals surface area contributed by atoms with Gasteiger partial charge in [-0.3, -0.25) is 4.79 Å². The van der Waals surface area contributed by atoms with Gasteiger partial charge in [-0.25, -0.2) is 4.68 Å². The molecule has 0 spiro atoms. The molecule has 1 aromatic heterocycles. The highest BCUT2D eigenvalue weighted by molar-refractivity contribution is 5.92. The van der Waals surface area contributed by atoms with Gasteiger partial charge in [-0.05, 0) is 37.8 Å². The molecule has 152 valence electrons. The molecule has 0 aliphatic carbocycles. The number of carbonyl (C=O) groups excluding carboxylic acids is 1. The Hall–Kier alpha value is -3.09. The number of nitrogens with zero attached hydrogens (tertiary/aromatic N) is 4. The maximum atomic E-state index is 13.2. The summed E-state index contributed by atoms with van der Waals surface area (Å²) in [5.41, 5.74) is 0.0931. The molecule has 0 N–H and O–H groups in total. The number of fused-ring (bicyclic) bond motifs is 1. The van der Waals surface area contributed by atoms with Gasteiger partial charge in [0, 0.05) is 6.54 Å². The molecule has 1 fully saturated rings. The molecule has 0 saturated carbocycles. The summed E-state index contributed by atoms with van der Waals surface area (Å²) < 4.78 is 13.4. The second-order valence-electron chi connectivity index (χ2n) is 7.59. The Labute approximate surface area is 170 Å². The summed E-state index contributed by atoms with van der Waals surface area (Å²) >= 11 is 0. The predicted molar refractivity (Wildman–Crippen MR) is 109 cm³/mol. The maximum absolute atomic E-state index is 13.2. The first-order chi connectivity index (χ1) is 14.1. The Morgan fingerprint density at radius 1 is 1.24 bits per heavy atom. The zero-order valence-corrected chi connectivity index (χ0v) is 16.5. The average molecular weight is 394 g/mol. The molecule has 1 amide bonds. The van der Waals surface area contributed by atoms with Gasteiger partial charge < -0.3 is 14.4 Å². The first-order valence-electron chi connectivity index (χ1n) is 9.97. The van der Waals surface area contributed by atoms with E-state index in [9.17, 15) is 4.79 Å². The molecule has 7 heteroatoms. The van der Waals surface area contributed by atoms with Gasteiger partial charge >= 0.3 is 0 Å². The van der Waals surface area contributed by atoms with Crippen LogP contribution in [0.4, 0.5) is 0 Å². The van der Waals surface area contributed by atoms with Crippen molar-refractivity contribution in [2.24, 2.45) is 0 Å². The van der Waals surface area contributed by atoms with Gasteiger partial charge in [0.05, 0.1) is 18.3 Å². The second kappa shape index (κ2) is 8.11. The van der Waals surface area contributed by atoms with E-state index in [-0.39, 0.29) is 17.6 Å².